The first-order valence-corrected chi connectivity index (χ1v) is 11.1. The van der Waals surface area contributed by atoms with Crippen molar-refractivity contribution >= 4 is 40.6 Å². The number of hydrogen-bond acceptors (Lipinski definition) is 6. The lowest BCUT2D eigenvalue weighted by molar-refractivity contribution is -0.147. The molecule has 0 fully saturated rings. The Balaban J connectivity index is 2.11. The highest BCUT2D eigenvalue weighted by molar-refractivity contribution is 5.94. The van der Waals surface area contributed by atoms with Crippen LogP contribution in [-0.2, 0) is 30.4 Å². The molecule has 12 nitrogen and oxygen atoms in total. The smallest absolute Gasteiger partial charge is 0.326 e. The van der Waals surface area contributed by atoms with Crippen LogP contribution in [0.3, 0.4) is 0 Å². The van der Waals surface area contributed by atoms with E-state index in [1.807, 2.05) is 43.4 Å². The quantitative estimate of drug-likeness (QED) is 0.199. The van der Waals surface area contributed by atoms with Crippen molar-refractivity contribution in [2.45, 2.75) is 51.2 Å². The Hall–Kier alpha value is -3.93. The zero-order valence-corrected chi connectivity index (χ0v) is 19.5. The summed E-state index contributed by atoms with van der Waals surface area (Å²) in [4.78, 5) is 62.7. The Kier molecular flexibility index (Phi) is 9.76. The standard InChI is InChI=1S/C23H31N5O7/c1-12(2)7-15(24)21(32)28-17(8-13-10-25-16-6-4-3-5-14(13)16)22(33)26-11-19(29)27-18(23(34)35)9-20(30)31/h3-6,10,12,15,17-18,25H,7-9,11,24H2,1-2H3,(H,26,33)(H,27,29)(H,28,32)(H,30,31)(H,34,35). The fourth-order valence-corrected chi connectivity index (χ4v) is 3.53. The molecule has 8 N–H and O–H groups in total. The number of nitrogens with two attached hydrogens (primary N) is 1. The van der Waals surface area contributed by atoms with Crippen molar-refractivity contribution in [3.05, 3.63) is 36.0 Å². The van der Waals surface area contributed by atoms with Gasteiger partial charge < -0.3 is 36.9 Å². The molecule has 3 amide bonds. The highest BCUT2D eigenvalue weighted by Crippen LogP contribution is 2.19. The molecule has 2 aromatic rings. The van der Waals surface area contributed by atoms with Crippen molar-refractivity contribution in [3.63, 3.8) is 0 Å². The summed E-state index contributed by atoms with van der Waals surface area (Å²) in [6.07, 6.45) is 1.42. The van der Waals surface area contributed by atoms with Crippen molar-refractivity contribution in [1.82, 2.24) is 20.9 Å². The summed E-state index contributed by atoms with van der Waals surface area (Å²) in [7, 11) is 0. The van der Waals surface area contributed by atoms with Crippen molar-refractivity contribution in [3.8, 4) is 0 Å². The Morgan fingerprint density at radius 1 is 1.00 bits per heavy atom. The number of amides is 3. The van der Waals surface area contributed by atoms with Gasteiger partial charge in [-0.05, 0) is 24.0 Å². The van der Waals surface area contributed by atoms with E-state index in [0.29, 0.717) is 6.42 Å². The number of para-hydroxylation sites is 1. The van der Waals surface area contributed by atoms with Crippen molar-refractivity contribution in [1.29, 1.82) is 0 Å². The van der Waals surface area contributed by atoms with Gasteiger partial charge in [-0.15, -0.1) is 0 Å². The number of nitrogens with one attached hydrogen (secondary N) is 4. The van der Waals surface area contributed by atoms with Crippen LogP contribution in [0.15, 0.2) is 30.5 Å². The zero-order valence-electron chi connectivity index (χ0n) is 19.5. The van der Waals surface area contributed by atoms with Crippen LogP contribution in [0.1, 0.15) is 32.3 Å². The predicted octanol–water partition coefficient (Wildman–Crippen LogP) is -0.271. The van der Waals surface area contributed by atoms with E-state index in [-0.39, 0.29) is 12.3 Å². The second-order valence-electron chi connectivity index (χ2n) is 8.63. The molecule has 0 aliphatic carbocycles. The lowest BCUT2D eigenvalue weighted by Crippen LogP contribution is -2.54. The van der Waals surface area contributed by atoms with Gasteiger partial charge in [0, 0.05) is 23.5 Å². The van der Waals surface area contributed by atoms with Gasteiger partial charge in [0.15, 0.2) is 0 Å². The van der Waals surface area contributed by atoms with Crippen LogP contribution in [0.2, 0.25) is 0 Å². The number of H-pyrrole nitrogens is 1. The third-order valence-electron chi connectivity index (χ3n) is 5.23. The Labute approximate surface area is 201 Å². The minimum absolute atomic E-state index is 0.106. The van der Waals surface area contributed by atoms with Gasteiger partial charge in [0.05, 0.1) is 19.0 Å². The average Bonchev–Trinajstić information content (AvgIpc) is 3.18. The molecule has 0 spiro atoms. The molecule has 1 aromatic carbocycles. The molecule has 0 aliphatic rings. The predicted molar refractivity (Wildman–Crippen MR) is 126 cm³/mol. The maximum absolute atomic E-state index is 12.9. The number of carboxylic acids is 2. The number of fused-ring (bicyclic) bond motifs is 1. The SMILES string of the molecule is CC(C)CC(N)C(=O)NC(Cc1c[nH]c2ccccc12)C(=O)NCC(=O)NC(CC(=O)O)C(=O)O. The Morgan fingerprint density at radius 2 is 1.69 bits per heavy atom. The van der Waals surface area contributed by atoms with Crippen LogP contribution in [0.25, 0.3) is 10.9 Å². The molecule has 0 saturated heterocycles. The number of aromatic nitrogens is 1. The van der Waals surface area contributed by atoms with Gasteiger partial charge >= 0.3 is 11.9 Å². The number of carboxylic acid groups (broad SMARTS) is 2. The Bertz CT molecular complexity index is 1080. The number of aromatic amines is 1. The van der Waals surface area contributed by atoms with E-state index in [9.17, 15) is 24.0 Å². The topological polar surface area (TPSA) is 204 Å². The molecule has 3 unspecified atom stereocenters. The maximum atomic E-state index is 12.9. The first-order valence-electron chi connectivity index (χ1n) is 11.1. The second-order valence-corrected chi connectivity index (χ2v) is 8.63. The maximum Gasteiger partial charge on any atom is 0.326 e. The number of carbonyl (C=O) groups is 5. The molecule has 2 rings (SSSR count). The van der Waals surface area contributed by atoms with Crippen LogP contribution in [0, 0.1) is 5.92 Å². The van der Waals surface area contributed by atoms with E-state index in [1.165, 1.54) is 0 Å². The molecular formula is C23H31N5O7. The third-order valence-corrected chi connectivity index (χ3v) is 5.23. The minimum Gasteiger partial charge on any atom is -0.481 e. The normalized spacial score (nSPS) is 13.6. The molecule has 12 heteroatoms. The zero-order chi connectivity index (χ0) is 26.1. The molecular weight excluding hydrogens is 458 g/mol. The minimum atomic E-state index is -1.65. The van der Waals surface area contributed by atoms with Gasteiger partial charge in [-0.25, -0.2) is 4.79 Å². The van der Waals surface area contributed by atoms with Crippen LogP contribution in [0.5, 0.6) is 0 Å². The number of benzene rings is 1. The van der Waals surface area contributed by atoms with Crippen molar-refractivity contribution < 1.29 is 34.2 Å². The molecule has 0 radical (unpaired) electrons. The number of aliphatic carboxylic acids is 2. The number of hydrogen-bond donors (Lipinski definition) is 7. The third kappa shape index (κ3) is 8.41. The van der Waals surface area contributed by atoms with E-state index in [4.69, 9.17) is 15.9 Å². The van der Waals surface area contributed by atoms with Gasteiger partial charge in [0.1, 0.15) is 12.1 Å². The van der Waals surface area contributed by atoms with E-state index in [0.717, 1.165) is 16.5 Å². The fraction of sp³-hybridized carbons (Fsp3) is 0.435. The average molecular weight is 490 g/mol. The van der Waals surface area contributed by atoms with Crippen LogP contribution >= 0.6 is 0 Å². The van der Waals surface area contributed by atoms with Crippen molar-refractivity contribution in [2.24, 2.45) is 11.7 Å². The largest absolute Gasteiger partial charge is 0.481 e. The van der Waals surface area contributed by atoms with Gasteiger partial charge in [0.2, 0.25) is 17.7 Å². The summed E-state index contributed by atoms with van der Waals surface area (Å²) in [5.74, 6) is -4.85. The monoisotopic (exact) mass is 489 g/mol. The van der Waals surface area contributed by atoms with E-state index >= 15 is 0 Å². The summed E-state index contributed by atoms with van der Waals surface area (Å²) in [5.41, 5.74) is 7.57. The summed E-state index contributed by atoms with van der Waals surface area (Å²) in [6, 6.07) is 3.88. The van der Waals surface area contributed by atoms with Gasteiger partial charge in [-0.1, -0.05) is 32.0 Å². The van der Waals surface area contributed by atoms with Crippen LogP contribution in [0.4, 0.5) is 0 Å². The molecule has 0 bridgehead atoms. The van der Waals surface area contributed by atoms with E-state index in [2.05, 4.69) is 15.6 Å². The van der Waals surface area contributed by atoms with Crippen LogP contribution < -0.4 is 21.7 Å². The molecule has 1 heterocycles. The van der Waals surface area contributed by atoms with Gasteiger partial charge in [-0.2, -0.15) is 0 Å². The molecule has 190 valence electrons. The molecule has 1 aromatic heterocycles. The van der Waals surface area contributed by atoms with E-state index < -0.39 is 60.8 Å². The van der Waals surface area contributed by atoms with E-state index in [1.54, 1.807) is 6.20 Å². The first kappa shape index (κ1) is 27.3. The highest BCUT2D eigenvalue weighted by Gasteiger charge is 2.27. The summed E-state index contributed by atoms with van der Waals surface area (Å²) >= 11 is 0. The Morgan fingerprint density at radius 3 is 2.31 bits per heavy atom. The van der Waals surface area contributed by atoms with Crippen LogP contribution in [-0.4, -0.2) is 69.5 Å². The van der Waals surface area contributed by atoms with Crippen molar-refractivity contribution in [2.75, 3.05) is 6.54 Å². The highest BCUT2D eigenvalue weighted by atomic mass is 16.4. The molecule has 0 saturated carbocycles. The van der Waals surface area contributed by atoms with Gasteiger partial charge in [-0.3, -0.25) is 19.2 Å². The number of carbonyl (C=O) groups excluding carboxylic acids is 3. The van der Waals surface area contributed by atoms with Gasteiger partial charge in [0.25, 0.3) is 0 Å². The molecule has 0 aliphatic heterocycles. The summed E-state index contributed by atoms with van der Waals surface area (Å²) < 4.78 is 0. The molecule has 35 heavy (non-hydrogen) atoms. The lowest BCUT2D eigenvalue weighted by Gasteiger charge is -2.21. The first-order chi connectivity index (χ1) is 16.5. The second kappa shape index (κ2) is 12.5. The lowest BCUT2D eigenvalue weighted by atomic mass is 10.0. The summed E-state index contributed by atoms with van der Waals surface area (Å²) in [5, 5.41) is 25.8. The molecule has 3 atom stereocenters. The fourth-order valence-electron chi connectivity index (χ4n) is 3.53. The summed E-state index contributed by atoms with van der Waals surface area (Å²) in [6.45, 7) is 3.22. The number of rotatable bonds is 13.